The molecule has 3 rings (SSSR count). The van der Waals surface area contributed by atoms with E-state index in [-0.39, 0.29) is 30.3 Å². The summed E-state index contributed by atoms with van der Waals surface area (Å²) in [6, 6.07) is 19.5. The fourth-order valence-electron chi connectivity index (χ4n) is 3.92. The molecule has 7 nitrogen and oxygen atoms in total. The first-order valence-corrected chi connectivity index (χ1v) is 11.4. The molecule has 0 aliphatic carbocycles. The summed E-state index contributed by atoms with van der Waals surface area (Å²) in [5, 5.41) is 5.69. The quantitative estimate of drug-likeness (QED) is 0.704. The van der Waals surface area contributed by atoms with Crippen LogP contribution in [0, 0.1) is 0 Å². The minimum atomic E-state index is -0.610. The molecule has 0 spiro atoms. The van der Waals surface area contributed by atoms with Crippen LogP contribution in [0.25, 0.3) is 0 Å². The lowest BCUT2D eigenvalue weighted by Crippen LogP contribution is -2.50. The van der Waals surface area contributed by atoms with Crippen molar-refractivity contribution < 1.29 is 19.1 Å². The van der Waals surface area contributed by atoms with Gasteiger partial charge in [-0.25, -0.2) is 4.79 Å². The van der Waals surface area contributed by atoms with Crippen LogP contribution >= 0.6 is 0 Å². The van der Waals surface area contributed by atoms with Gasteiger partial charge in [0.15, 0.2) is 0 Å². The van der Waals surface area contributed by atoms with Crippen molar-refractivity contribution in [1.82, 2.24) is 15.5 Å². The molecule has 1 heterocycles. The molecule has 1 saturated heterocycles. The van der Waals surface area contributed by atoms with E-state index >= 15 is 0 Å². The average Bonchev–Trinajstić information content (AvgIpc) is 2.78. The Labute approximate surface area is 195 Å². The SMILES string of the molecule is CC(C)(C)OC(=O)NCC(=O)N1CCC(NC(=O)C(c2ccccc2)c2ccccc2)CC1. The molecule has 1 aliphatic rings. The predicted octanol–water partition coefficient (Wildman–Crippen LogP) is 3.45. The largest absolute Gasteiger partial charge is 0.444 e. The molecule has 7 heteroatoms. The number of nitrogens with zero attached hydrogens (tertiary/aromatic N) is 1. The number of likely N-dealkylation sites (tertiary alicyclic amines) is 1. The lowest BCUT2D eigenvalue weighted by atomic mass is 9.90. The van der Waals surface area contributed by atoms with Crippen molar-refractivity contribution in [3.63, 3.8) is 0 Å². The van der Waals surface area contributed by atoms with Crippen molar-refractivity contribution in [2.45, 2.75) is 51.2 Å². The second-order valence-corrected chi connectivity index (χ2v) is 9.27. The second-order valence-electron chi connectivity index (χ2n) is 9.27. The van der Waals surface area contributed by atoms with E-state index in [4.69, 9.17) is 4.74 Å². The highest BCUT2D eigenvalue weighted by Gasteiger charge is 2.28. The van der Waals surface area contributed by atoms with Crippen LogP contribution in [0.2, 0.25) is 0 Å². The maximum atomic E-state index is 13.3. The fourth-order valence-corrected chi connectivity index (χ4v) is 3.92. The maximum absolute atomic E-state index is 13.3. The third kappa shape index (κ3) is 7.34. The van der Waals surface area contributed by atoms with Crippen molar-refractivity contribution in [3.8, 4) is 0 Å². The number of ether oxygens (including phenoxy) is 1. The zero-order chi connectivity index (χ0) is 23.8. The second kappa shape index (κ2) is 11.0. The Balaban J connectivity index is 1.53. The molecular weight excluding hydrogens is 418 g/mol. The summed E-state index contributed by atoms with van der Waals surface area (Å²) in [6.07, 6.45) is 0.728. The van der Waals surface area contributed by atoms with Gasteiger partial charge in [0.05, 0.1) is 5.92 Å². The van der Waals surface area contributed by atoms with Crippen molar-refractivity contribution in [1.29, 1.82) is 0 Å². The highest BCUT2D eigenvalue weighted by atomic mass is 16.6. The third-order valence-corrected chi connectivity index (χ3v) is 5.50. The number of amides is 3. The van der Waals surface area contributed by atoms with Crippen molar-refractivity contribution in [3.05, 3.63) is 71.8 Å². The average molecular weight is 452 g/mol. The molecule has 1 fully saturated rings. The van der Waals surface area contributed by atoms with Gasteiger partial charge in [-0.15, -0.1) is 0 Å². The van der Waals surface area contributed by atoms with Gasteiger partial charge in [0, 0.05) is 19.1 Å². The van der Waals surface area contributed by atoms with Gasteiger partial charge in [-0.05, 0) is 44.7 Å². The Bertz CT molecular complexity index is 894. The van der Waals surface area contributed by atoms with Crippen molar-refractivity contribution >= 4 is 17.9 Å². The standard InChI is InChI=1S/C26H33N3O4/c1-26(2,3)33-25(32)27-18-22(30)29-16-14-21(15-17-29)28-24(31)23(19-10-6-4-7-11-19)20-12-8-5-9-13-20/h4-13,21,23H,14-18H2,1-3H3,(H,27,32)(H,28,31). The van der Waals surface area contributed by atoms with Gasteiger partial charge in [-0.3, -0.25) is 9.59 Å². The van der Waals surface area contributed by atoms with E-state index in [1.165, 1.54) is 0 Å². The van der Waals surface area contributed by atoms with Crippen LogP contribution in [0.15, 0.2) is 60.7 Å². The van der Waals surface area contributed by atoms with Crippen LogP contribution in [-0.2, 0) is 14.3 Å². The predicted molar refractivity (Wildman–Crippen MR) is 127 cm³/mol. The number of rotatable bonds is 6. The van der Waals surface area contributed by atoms with E-state index in [0.717, 1.165) is 11.1 Å². The Morgan fingerprint density at radius 3 is 1.94 bits per heavy atom. The van der Waals surface area contributed by atoms with Gasteiger partial charge < -0.3 is 20.3 Å². The summed E-state index contributed by atoms with van der Waals surface area (Å²) in [5.74, 6) is -0.578. The van der Waals surface area contributed by atoms with Crippen molar-refractivity contribution in [2.24, 2.45) is 0 Å². The van der Waals surface area contributed by atoms with Gasteiger partial charge in [0.1, 0.15) is 12.1 Å². The van der Waals surface area contributed by atoms with Gasteiger partial charge >= 0.3 is 6.09 Å². The van der Waals surface area contributed by atoms with Gasteiger partial charge in [-0.2, -0.15) is 0 Å². The van der Waals surface area contributed by atoms with E-state index < -0.39 is 11.7 Å². The smallest absolute Gasteiger partial charge is 0.408 e. The Kier molecular flexibility index (Phi) is 8.09. The molecule has 2 aromatic rings. The number of piperidine rings is 1. The number of carbonyl (C=O) groups excluding carboxylic acids is 3. The van der Waals surface area contributed by atoms with E-state index in [1.807, 2.05) is 60.7 Å². The summed E-state index contributed by atoms with van der Waals surface area (Å²) >= 11 is 0. The topological polar surface area (TPSA) is 87.7 Å². The highest BCUT2D eigenvalue weighted by Crippen LogP contribution is 2.25. The molecule has 0 aromatic heterocycles. The molecule has 0 atom stereocenters. The maximum Gasteiger partial charge on any atom is 0.408 e. The molecule has 2 N–H and O–H groups in total. The number of carbonyl (C=O) groups is 3. The number of alkyl carbamates (subject to hydrolysis) is 1. The zero-order valence-electron chi connectivity index (χ0n) is 19.5. The summed E-state index contributed by atoms with van der Waals surface area (Å²) in [5.41, 5.74) is 1.28. The first-order chi connectivity index (χ1) is 15.7. The van der Waals surface area contributed by atoms with E-state index in [2.05, 4.69) is 10.6 Å². The number of hydrogen-bond acceptors (Lipinski definition) is 4. The lowest BCUT2D eigenvalue weighted by Gasteiger charge is -2.33. The fraction of sp³-hybridized carbons (Fsp3) is 0.423. The van der Waals surface area contributed by atoms with Gasteiger partial charge in [0.25, 0.3) is 0 Å². The van der Waals surface area contributed by atoms with Gasteiger partial charge in [-0.1, -0.05) is 60.7 Å². The summed E-state index contributed by atoms with van der Waals surface area (Å²) in [4.78, 5) is 39.2. The lowest BCUT2D eigenvalue weighted by molar-refractivity contribution is -0.131. The minimum absolute atomic E-state index is 0.00436. The summed E-state index contributed by atoms with van der Waals surface area (Å²) in [7, 11) is 0. The molecule has 0 radical (unpaired) electrons. The van der Waals surface area contributed by atoms with Crippen LogP contribution < -0.4 is 10.6 Å². The van der Waals surface area contributed by atoms with Gasteiger partial charge in [0.2, 0.25) is 11.8 Å². The van der Waals surface area contributed by atoms with E-state index in [9.17, 15) is 14.4 Å². The third-order valence-electron chi connectivity index (χ3n) is 5.50. The molecule has 0 saturated carbocycles. The Morgan fingerprint density at radius 1 is 0.939 bits per heavy atom. The van der Waals surface area contributed by atoms with Crippen molar-refractivity contribution in [2.75, 3.05) is 19.6 Å². The van der Waals surface area contributed by atoms with Crippen LogP contribution in [0.4, 0.5) is 4.79 Å². The minimum Gasteiger partial charge on any atom is -0.444 e. The number of hydrogen-bond donors (Lipinski definition) is 2. The molecule has 176 valence electrons. The highest BCUT2D eigenvalue weighted by molar-refractivity contribution is 5.87. The molecule has 0 unspecified atom stereocenters. The Hall–Kier alpha value is -3.35. The summed E-state index contributed by atoms with van der Waals surface area (Å²) < 4.78 is 5.16. The van der Waals surface area contributed by atoms with Crippen LogP contribution in [0.1, 0.15) is 50.7 Å². The van der Waals surface area contributed by atoms with Crippen LogP contribution in [0.5, 0.6) is 0 Å². The first kappa shape index (κ1) is 24.3. The van der Waals surface area contributed by atoms with E-state index in [1.54, 1.807) is 25.7 Å². The molecule has 2 aromatic carbocycles. The summed E-state index contributed by atoms with van der Waals surface area (Å²) in [6.45, 7) is 6.27. The zero-order valence-corrected chi connectivity index (χ0v) is 19.5. The molecule has 3 amide bonds. The monoisotopic (exact) mass is 451 g/mol. The van der Waals surface area contributed by atoms with Crippen LogP contribution in [-0.4, -0.2) is 54.1 Å². The van der Waals surface area contributed by atoms with Crippen LogP contribution in [0.3, 0.4) is 0 Å². The first-order valence-electron chi connectivity index (χ1n) is 11.4. The normalized spacial score (nSPS) is 14.6. The molecule has 0 bridgehead atoms. The molecule has 33 heavy (non-hydrogen) atoms. The molecule has 1 aliphatic heterocycles. The Morgan fingerprint density at radius 2 is 1.45 bits per heavy atom. The molecular formula is C26H33N3O4. The van der Waals surface area contributed by atoms with E-state index in [0.29, 0.717) is 25.9 Å². The number of benzene rings is 2. The number of nitrogens with one attached hydrogen (secondary N) is 2.